The molecule has 24 heavy (non-hydrogen) atoms. The van der Waals surface area contributed by atoms with Crippen molar-refractivity contribution in [3.05, 3.63) is 35.9 Å². The van der Waals surface area contributed by atoms with Gasteiger partial charge in [0.05, 0.1) is 0 Å². The van der Waals surface area contributed by atoms with Crippen molar-refractivity contribution in [2.75, 3.05) is 32.7 Å². The standard InChI is InChI=1S/C19H29N3O2/c1-19(2,3)15-20-18(24)22-13-11-21(12-14-22)17(23)10-9-16-7-5-4-6-8-16/h4-8H,9-15H2,1-3H3,(H,20,24). The molecular weight excluding hydrogens is 302 g/mol. The van der Waals surface area contributed by atoms with E-state index in [1.54, 1.807) is 4.90 Å². The summed E-state index contributed by atoms with van der Waals surface area (Å²) >= 11 is 0. The lowest BCUT2D eigenvalue weighted by Crippen LogP contribution is -2.53. The number of nitrogens with zero attached hydrogens (tertiary/aromatic N) is 2. The zero-order valence-corrected chi connectivity index (χ0v) is 15.0. The molecule has 0 bridgehead atoms. The first kappa shape index (κ1) is 18.3. The van der Waals surface area contributed by atoms with Crippen LogP contribution in [0.4, 0.5) is 4.79 Å². The van der Waals surface area contributed by atoms with E-state index in [0.717, 1.165) is 6.42 Å². The molecule has 0 spiro atoms. The molecule has 1 saturated heterocycles. The molecule has 1 aliphatic rings. The number of hydrogen-bond donors (Lipinski definition) is 1. The van der Waals surface area contributed by atoms with Crippen molar-refractivity contribution >= 4 is 11.9 Å². The lowest BCUT2D eigenvalue weighted by atomic mass is 9.97. The molecule has 1 aromatic rings. The number of carbonyl (C=O) groups excluding carboxylic acids is 2. The number of carbonyl (C=O) groups is 2. The van der Waals surface area contributed by atoms with Gasteiger partial charge in [-0.1, -0.05) is 51.1 Å². The summed E-state index contributed by atoms with van der Waals surface area (Å²) in [5.41, 5.74) is 1.26. The molecule has 0 radical (unpaired) electrons. The van der Waals surface area contributed by atoms with Gasteiger partial charge in [-0.25, -0.2) is 4.79 Å². The van der Waals surface area contributed by atoms with Crippen LogP contribution < -0.4 is 5.32 Å². The lowest BCUT2D eigenvalue weighted by Gasteiger charge is -2.35. The van der Waals surface area contributed by atoms with Crippen molar-refractivity contribution < 1.29 is 9.59 Å². The number of hydrogen-bond acceptors (Lipinski definition) is 2. The first-order valence-electron chi connectivity index (χ1n) is 8.70. The van der Waals surface area contributed by atoms with E-state index in [1.165, 1.54) is 5.56 Å². The quantitative estimate of drug-likeness (QED) is 0.922. The zero-order chi connectivity index (χ0) is 17.6. The molecule has 1 heterocycles. The molecule has 0 aromatic heterocycles. The minimum atomic E-state index is -0.0266. The second-order valence-corrected chi connectivity index (χ2v) is 7.57. The third-order valence-electron chi connectivity index (χ3n) is 4.16. The summed E-state index contributed by atoms with van der Waals surface area (Å²) in [7, 11) is 0. The third kappa shape index (κ3) is 5.87. The zero-order valence-electron chi connectivity index (χ0n) is 15.0. The minimum absolute atomic E-state index is 0.0266. The molecule has 5 nitrogen and oxygen atoms in total. The average molecular weight is 331 g/mol. The minimum Gasteiger partial charge on any atom is -0.339 e. The maximum absolute atomic E-state index is 12.3. The highest BCUT2D eigenvalue weighted by Gasteiger charge is 2.24. The fourth-order valence-electron chi connectivity index (χ4n) is 2.67. The Labute approximate surface area is 145 Å². The fourth-order valence-corrected chi connectivity index (χ4v) is 2.67. The van der Waals surface area contributed by atoms with E-state index in [9.17, 15) is 9.59 Å². The molecular formula is C19H29N3O2. The molecule has 3 amide bonds. The maximum atomic E-state index is 12.3. The van der Waals surface area contributed by atoms with Gasteiger partial charge in [0.25, 0.3) is 0 Å². The Hall–Kier alpha value is -2.04. The number of rotatable bonds is 4. The Kier molecular flexibility index (Phi) is 6.23. The highest BCUT2D eigenvalue weighted by molar-refractivity contribution is 5.78. The van der Waals surface area contributed by atoms with Gasteiger partial charge < -0.3 is 15.1 Å². The monoisotopic (exact) mass is 331 g/mol. The van der Waals surface area contributed by atoms with Gasteiger partial charge in [0.15, 0.2) is 0 Å². The summed E-state index contributed by atoms with van der Waals surface area (Å²) in [6.07, 6.45) is 1.30. The van der Waals surface area contributed by atoms with Crippen LogP contribution in [0.15, 0.2) is 30.3 Å². The number of aryl methyl sites for hydroxylation is 1. The summed E-state index contributed by atoms with van der Waals surface area (Å²) < 4.78 is 0. The van der Waals surface area contributed by atoms with Gasteiger partial charge in [-0.3, -0.25) is 4.79 Å². The van der Waals surface area contributed by atoms with Crippen LogP contribution in [-0.4, -0.2) is 54.5 Å². The van der Waals surface area contributed by atoms with E-state index in [0.29, 0.717) is 39.1 Å². The summed E-state index contributed by atoms with van der Waals surface area (Å²) in [5.74, 6) is 0.175. The van der Waals surface area contributed by atoms with E-state index >= 15 is 0 Å². The Balaban J connectivity index is 1.71. The van der Waals surface area contributed by atoms with Gasteiger partial charge >= 0.3 is 6.03 Å². The van der Waals surface area contributed by atoms with Crippen molar-refractivity contribution in [2.24, 2.45) is 5.41 Å². The third-order valence-corrected chi connectivity index (χ3v) is 4.16. The van der Waals surface area contributed by atoms with Crippen LogP contribution in [-0.2, 0) is 11.2 Å². The first-order chi connectivity index (χ1) is 11.3. The number of nitrogens with one attached hydrogen (secondary N) is 1. The number of urea groups is 1. The Morgan fingerprint density at radius 1 is 1.00 bits per heavy atom. The Morgan fingerprint density at radius 3 is 2.17 bits per heavy atom. The van der Waals surface area contributed by atoms with Crippen LogP contribution in [0.5, 0.6) is 0 Å². The Bertz CT molecular complexity index is 543. The van der Waals surface area contributed by atoms with Crippen LogP contribution in [0.1, 0.15) is 32.8 Å². The second-order valence-electron chi connectivity index (χ2n) is 7.57. The topological polar surface area (TPSA) is 52.7 Å². The van der Waals surface area contributed by atoms with Crippen LogP contribution in [0, 0.1) is 5.41 Å². The second kappa shape index (κ2) is 8.18. The first-order valence-corrected chi connectivity index (χ1v) is 8.70. The van der Waals surface area contributed by atoms with Crippen molar-refractivity contribution in [3.63, 3.8) is 0 Å². The van der Waals surface area contributed by atoms with E-state index in [2.05, 4.69) is 26.1 Å². The molecule has 1 aromatic carbocycles. The number of amides is 3. The largest absolute Gasteiger partial charge is 0.339 e. The lowest BCUT2D eigenvalue weighted by molar-refractivity contribution is -0.132. The van der Waals surface area contributed by atoms with Gasteiger partial charge in [0.2, 0.25) is 5.91 Å². The van der Waals surface area contributed by atoms with Crippen molar-refractivity contribution in [3.8, 4) is 0 Å². The number of piperazine rings is 1. The van der Waals surface area contributed by atoms with Crippen molar-refractivity contribution in [1.29, 1.82) is 0 Å². The summed E-state index contributed by atoms with van der Waals surface area (Å²) in [4.78, 5) is 28.1. The Morgan fingerprint density at radius 2 is 1.58 bits per heavy atom. The van der Waals surface area contributed by atoms with E-state index in [1.807, 2.05) is 35.2 Å². The molecule has 0 atom stereocenters. The summed E-state index contributed by atoms with van der Waals surface area (Å²) in [5, 5.41) is 2.97. The molecule has 5 heteroatoms. The van der Waals surface area contributed by atoms with Gasteiger partial charge in [0.1, 0.15) is 0 Å². The normalized spacial score (nSPS) is 15.3. The van der Waals surface area contributed by atoms with Crippen LogP contribution >= 0.6 is 0 Å². The summed E-state index contributed by atoms with van der Waals surface area (Å²) in [6.45, 7) is 9.39. The SMILES string of the molecule is CC(C)(C)CNC(=O)N1CCN(C(=O)CCc2ccccc2)CC1. The molecule has 0 unspecified atom stereocenters. The highest BCUT2D eigenvalue weighted by atomic mass is 16.2. The fraction of sp³-hybridized carbons (Fsp3) is 0.579. The molecule has 1 fully saturated rings. The molecule has 2 rings (SSSR count). The van der Waals surface area contributed by atoms with E-state index in [4.69, 9.17) is 0 Å². The van der Waals surface area contributed by atoms with Gasteiger partial charge in [-0.05, 0) is 17.4 Å². The van der Waals surface area contributed by atoms with Gasteiger partial charge in [-0.15, -0.1) is 0 Å². The molecule has 0 saturated carbocycles. The summed E-state index contributed by atoms with van der Waals surface area (Å²) in [6, 6.07) is 10.0. The highest BCUT2D eigenvalue weighted by Crippen LogP contribution is 2.11. The van der Waals surface area contributed by atoms with E-state index in [-0.39, 0.29) is 17.4 Å². The molecule has 1 aliphatic heterocycles. The van der Waals surface area contributed by atoms with Crippen molar-refractivity contribution in [2.45, 2.75) is 33.6 Å². The van der Waals surface area contributed by atoms with Gasteiger partial charge in [0, 0.05) is 39.1 Å². The predicted octanol–water partition coefficient (Wildman–Crippen LogP) is 2.52. The predicted molar refractivity (Wildman–Crippen MR) is 95.8 cm³/mol. The number of benzene rings is 1. The van der Waals surface area contributed by atoms with Gasteiger partial charge in [-0.2, -0.15) is 0 Å². The van der Waals surface area contributed by atoms with Crippen LogP contribution in [0.3, 0.4) is 0 Å². The molecule has 132 valence electrons. The van der Waals surface area contributed by atoms with E-state index < -0.39 is 0 Å². The maximum Gasteiger partial charge on any atom is 0.317 e. The van der Waals surface area contributed by atoms with Crippen molar-refractivity contribution in [1.82, 2.24) is 15.1 Å². The smallest absolute Gasteiger partial charge is 0.317 e. The average Bonchev–Trinajstić information content (AvgIpc) is 2.58. The van der Waals surface area contributed by atoms with Crippen LogP contribution in [0.2, 0.25) is 0 Å². The molecule has 0 aliphatic carbocycles. The van der Waals surface area contributed by atoms with Crippen LogP contribution in [0.25, 0.3) is 0 Å². The molecule has 1 N–H and O–H groups in total.